The van der Waals surface area contributed by atoms with Gasteiger partial charge in [0.05, 0.1) is 23.4 Å². The maximum absolute atomic E-state index is 13.3. The Labute approximate surface area is 245 Å². The smallest absolute Gasteiger partial charge is 0.444 e. The third kappa shape index (κ3) is 9.91. The lowest BCUT2D eigenvalue weighted by Crippen LogP contribution is -2.44. The zero-order valence-electron chi connectivity index (χ0n) is 27.3. The van der Waals surface area contributed by atoms with Gasteiger partial charge in [-0.3, -0.25) is 0 Å². The van der Waals surface area contributed by atoms with Crippen molar-refractivity contribution in [1.82, 2.24) is 19.6 Å². The number of hydrogen-bond donors (Lipinski definition) is 0. The first kappa shape index (κ1) is 34.4. The van der Waals surface area contributed by atoms with E-state index in [0.717, 1.165) is 4.68 Å². The van der Waals surface area contributed by atoms with E-state index in [1.54, 1.807) is 69.4 Å². The lowest BCUT2D eigenvalue weighted by molar-refractivity contribution is 0.00578. The van der Waals surface area contributed by atoms with Gasteiger partial charge in [0, 0.05) is 31.8 Å². The Balaban J connectivity index is 2.44. The largest absolute Gasteiger partial charge is 0.498 e. The maximum atomic E-state index is 13.3. The van der Waals surface area contributed by atoms with Crippen LogP contribution in [0.4, 0.5) is 14.4 Å². The molecule has 41 heavy (non-hydrogen) atoms. The molecule has 1 aliphatic rings. The van der Waals surface area contributed by atoms with Gasteiger partial charge in [0.15, 0.2) is 0 Å². The average molecular weight is 581 g/mol. The van der Waals surface area contributed by atoms with Crippen molar-refractivity contribution >= 4 is 30.9 Å². The molecular weight excluding hydrogens is 531 g/mol. The van der Waals surface area contributed by atoms with Crippen LogP contribution in [0.5, 0.6) is 0 Å². The highest BCUT2D eigenvalue weighted by Gasteiger charge is 2.53. The molecule has 0 aliphatic carbocycles. The number of likely N-dealkylation sites (N-methyl/N-ethyl adjacent to an activating group) is 1. The van der Waals surface area contributed by atoms with Crippen LogP contribution in [-0.2, 0) is 30.1 Å². The first-order valence-corrected chi connectivity index (χ1v) is 13.9. The molecule has 232 valence electrons. The summed E-state index contributed by atoms with van der Waals surface area (Å²) in [7, 11) is 0.741. The summed E-state index contributed by atoms with van der Waals surface area (Å²) < 4.78 is 30.2. The lowest BCUT2D eigenvalue weighted by Gasteiger charge is -2.32. The number of amides is 2. The molecule has 1 fully saturated rings. The fraction of sp³-hybridized carbons (Fsp3) is 0.786. The van der Waals surface area contributed by atoms with Crippen molar-refractivity contribution in [1.29, 1.82) is 0 Å². The van der Waals surface area contributed by atoms with Gasteiger partial charge in [-0.05, 0) is 90.0 Å². The van der Waals surface area contributed by atoms with E-state index in [1.165, 1.54) is 16.0 Å². The summed E-state index contributed by atoms with van der Waals surface area (Å²) in [5.74, 6) is 0. The molecule has 1 aromatic heterocycles. The minimum atomic E-state index is -0.851. The molecule has 0 radical (unpaired) electrons. The van der Waals surface area contributed by atoms with Crippen molar-refractivity contribution in [3.05, 3.63) is 11.9 Å². The zero-order valence-corrected chi connectivity index (χ0v) is 27.3. The second-order valence-corrected chi connectivity index (χ2v) is 14.3. The first-order chi connectivity index (χ1) is 18.3. The van der Waals surface area contributed by atoms with E-state index >= 15 is 0 Å². The molecular formula is C28H49BN4O8. The number of carbonyl (C=O) groups is 3. The molecule has 0 aromatic carbocycles. The van der Waals surface area contributed by atoms with Crippen LogP contribution >= 0.6 is 0 Å². The van der Waals surface area contributed by atoms with Crippen LogP contribution in [0.1, 0.15) is 95.7 Å². The molecule has 2 heterocycles. The van der Waals surface area contributed by atoms with Gasteiger partial charge in [0.25, 0.3) is 0 Å². The number of rotatable bonds is 6. The van der Waals surface area contributed by atoms with Crippen LogP contribution in [0.2, 0.25) is 0 Å². The van der Waals surface area contributed by atoms with Crippen LogP contribution in [0, 0.1) is 0 Å². The van der Waals surface area contributed by atoms with Gasteiger partial charge >= 0.3 is 25.4 Å². The lowest BCUT2D eigenvalue weighted by atomic mass is 9.79. The Morgan fingerprint density at radius 1 is 0.829 bits per heavy atom. The fourth-order valence-electron chi connectivity index (χ4n) is 3.56. The van der Waals surface area contributed by atoms with Crippen molar-refractivity contribution in [2.45, 2.75) is 125 Å². The predicted molar refractivity (Wildman–Crippen MR) is 155 cm³/mol. The van der Waals surface area contributed by atoms with E-state index < -0.39 is 53.4 Å². The van der Waals surface area contributed by atoms with E-state index in [-0.39, 0.29) is 19.6 Å². The molecule has 12 nitrogen and oxygen atoms in total. The highest BCUT2D eigenvalue weighted by atomic mass is 16.7. The van der Waals surface area contributed by atoms with E-state index in [4.69, 9.17) is 23.5 Å². The van der Waals surface area contributed by atoms with Gasteiger partial charge in [-0.15, -0.1) is 0 Å². The van der Waals surface area contributed by atoms with E-state index in [0.29, 0.717) is 11.2 Å². The molecule has 0 atom stereocenters. The van der Waals surface area contributed by atoms with Crippen molar-refractivity contribution in [3.8, 4) is 0 Å². The Kier molecular flexibility index (Phi) is 9.93. The Bertz CT molecular complexity index is 1100. The highest BCUT2D eigenvalue weighted by Crippen LogP contribution is 2.36. The second-order valence-electron chi connectivity index (χ2n) is 14.3. The Morgan fingerprint density at radius 2 is 1.29 bits per heavy atom. The highest BCUT2D eigenvalue weighted by molar-refractivity contribution is 6.62. The van der Waals surface area contributed by atoms with E-state index in [2.05, 4.69) is 5.10 Å². The molecule has 1 aromatic rings. The van der Waals surface area contributed by atoms with Crippen molar-refractivity contribution in [2.75, 3.05) is 20.1 Å². The number of hydrogen-bond acceptors (Lipinski definition) is 9. The molecule has 2 amide bonds. The average Bonchev–Trinajstić information content (AvgIpc) is 3.24. The summed E-state index contributed by atoms with van der Waals surface area (Å²) in [6.45, 7) is 23.8. The molecule has 0 unspecified atom stereocenters. The van der Waals surface area contributed by atoms with Crippen LogP contribution < -0.4 is 5.46 Å². The molecule has 0 spiro atoms. The summed E-state index contributed by atoms with van der Waals surface area (Å²) in [6.07, 6.45) is -0.309. The SMILES string of the molecule is CN(CCN(Cc1nn(C(=O)OC(C)(C)C)cc1B1OC(C)(C)C(C)(C)O1)C(=O)OC(C)(C)C)C(=O)OC(C)(C)C. The molecule has 13 heteroatoms. The molecule has 1 aliphatic heterocycles. The third-order valence-electron chi connectivity index (χ3n) is 6.31. The normalized spacial score (nSPS) is 16.8. The van der Waals surface area contributed by atoms with Crippen LogP contribution in [0.15, 0.2) is 6.20 Å². The van der Waals surface area contributed by atoms with Gasteiger partial charge in [0.1, 0.15) is 16.8 Å². The Morgan fingerprint density at radius 3 is 1.76 bits per heavy atom. The van der Waals surface area contributed by atoms with Crippen LogP contribution in [-0.4, -0.2) is 93.1 Å². The fourth-order valence-corrected chi connectivity index (χ4v) is 3.56. The van der Waals surface area contributed by atoms with Crippen LogP contribution in [0.3, 0.4) is 0 Å². The quantitative estimate of drug-likeness (QED) is 0.352. The van der Waals surface area contributed by atoms with Gasteiger partial charge in [-0.2, -0.15) is 9.78 Å². The summed E-state index contributed by atoms with van der Waals surface area (Å²) in [5, 5.41) is 4.49. The standard InChI is InChI=1S/C28H49BN4O8/c1-24(2,3)37-21(34)31(14)15-16-32(22(35)38-25(4,5)6)18-20-19(29-40-27(10,11)28(12,13)41-29)17-33(30-20)23(36)39-26(7,8)9/h17H,15-16,18H2,1-14H3. The molecule has 2 rings (SSSR count). The first-order valence-electron chi connectivity index (χ1n) is 13.9. The molecule has 0 N–H and O–H groups in total. The predicted octanol–water partition coefficient (Wildman–Crippen LogP) is 4.57. The number of nitrogens with zero attached hydrogens (tertiary/aromatic N) is 4. The second kappa shape index (κ2) is 11.8. The minimum absolute atomic E-state index is 0.0493. The maximum Gasteiger partial charge on any atom is 0.498 e. The van der Waals surface area contributed by atoms with E-state index in [1.807, 2.05) is 27.7 Å². The molecule has 0 bridgehead atoms. The van der Waals surface area contributed by atoms with Gasteiger partial charge in [-0.1, -0.05) is 0 Å². The molecule has 0 saturated carbocycles. The van der Waals surface area contributed by atoms with Crippen molar-refractivity contribution in [2.24, 2.45) is 0 Å². The third-order valence-corrected chi connectivity index (χ3v) is 6.31. The minimum Gasteiger partial charge on any atom is -0.444 e. The van der Waals surface area contributed by atoms with Gasteiger partial charge < -0.3 is 33.3 Å². The summed E-state index contributed by atoms with van der Waals surface area (Å²) in [4.78, 5) is 41.6. The summed E-state index contributed by atoms with van der Waals surface area (Å²) >= 11 is 0. The summed E-state index contributed by atoms with van der Waals surface area (Å²) in [6, 6.07) is 0. The monoisotopic (exact) mass is 580 g/mol. The van der Waals surface area contributed by atoms with Crippen molar-refractivity contribution in [3.63, 3.8) is 0 Å². The zero-order chi connectivity index (χ0) is 31.8. The topological polar surface area (TPSA) is 122 Å². The van der Waals surface area contributed by atoms with Gasteiger partial charge in [-0.25, -0.2) is 14.4 Å². The number of carbonyl (C=O) groups excluding carboxylic acids is 3. The Hall–Kier alpha value is -2.80. The van der Waals surface area contributed by atoms with Gasteiger partial charge in [0.2, 0.25) is 0 Å². The number of aromatic nitrogens is 2. The van der Waals surface area contributed by atoms with Crippen molar-refractivity contribution < 1.29 is 37.9 Å². The van der Waals surface area contributed by atoms with Crippen LogP contribution in [0.25, 0.3) is 0 Å². The number of ether oxygens (including phenoxy) is 3. The van der Waals surface area contributed by atoms with E-state index in [9.17, 15) is 14.4 Å². The summed E-state index contributed by atoms with van der Waals surface area (Å²) in [5.41, 5.74) is -2.64. The molecule has 1 saturated heterocycles.